The predicted octanol–water partition coefficient (Wildman–Crippen LogP) is 3.43. The minimum absolute atomic E-state index is 0.160. The van der Waals surface area contributed by atoms with Gasteiger partial charge in [0.25, 0.3) is 5.91 Å². The lowest BCUT2D eigenvalue weighted by Crippen LogP contribution is -2.45. The van der Waals surface area contributed by atoms with Gasteiger partial charge in [0.1, 0.15) is 5.52 Å². The fraction of sp³-hybridized carbons (Fsp3) is 0.364. The second-order valence-corrected chi connectivity index (χ2v) is 7.46. The number of aliphatic hydroxyl groups is 1. The Morgan fingerprint density at radius 2 is 2.11 bits per heavy atom. The molecule has 0 radical (unpaired) electrons. The maximum Gasteiger partial charge on any atom is 0.255 e. The molecule has 1 saturated carbocycles. The van der Waals surface area contributed by atoms with E-state index in [1.807, 2.05) is 24.4 Å². The first-order chi connectivity index (χ1) is 13.1. The van der Waals surface area contributed by atoms with Gasteiger partial charge in [-0.25, -0.2) is 0 Å². The molecule has 5 heteroatoms. The third-order valence-electron chi connectivity index (χ3n) is 5.36. The monoisotopic (exact) mass is 363 g/mol. The predicted molar refractivity (Wildman–Crippen MR) is 106 cm³/mol. The summed E-state index contributed by atoms with van der Waals surface area (Å²) in [4.78, 5) is 17.4. The molecule has 2 heterocycles. The summed E-state index contributed by atoms with van der Waals surface area (Å²) in [5.74, 6) is -0.160. The van der Waals surface area contributed by atoms with Gasteiger partial charge in [-0.1, -0.05) is 42.7 Å². The highest BCUT2D eigenvalue weighted by Crippen LogP contribution is 2.23. The van der Waals surface area contributed by atoms with Crippen molar-refractivity contribution < 1.29 is 9.90 Å². The van der Waals surface area contributed by atoms with Gasteiger partial charge in [-0.3, -0.25) is 9.78 Å². The second-order valence-electron chi connectivity index (χ2n) is 7.46. The van der Waals surface area contributed by atoms with Crippen molar-refractivity contribution in [3.8, 4) is 0 Å². The molecule has 0 spiro atoms. The van der Waals surface area contributed by atoms with Gasteiger partial charge in [-0.2, -0.15) is 0 Å². The van der Waals surface area contributed by atoms with Crippen LogP contribution in [0.25, 0.3) is 11.0 Å². The first kappa shape index (κ1) is 17.7. The number of carbonyl (C=O) groups is 1. The molecule has 1 aliphatic carbocycles. The number of benzene rings is 1. The van der Waals surface area contributed by atoms with Crippen LogP contribution in [-0.2, 0) is 6.54 Å². The Hall–Kier alpha value is -2.66. The smallest absolute Gasteiger partial charge is 0.255 e. The van der Waals surface area contributed by atoms with Crippen molar-refractivity contribution in [2.45, 2.75) is 51.3 Å². The van der Waals surface area contributed by atoms with Gasteiger partial charge in [0.15, 0.2) is 0 Å². The van der Waals surface area contributed by atoms with Gasteiger partial charge < -0.3 is 15.0 Å². The van der Waals surface area contributed by atoms with E-state index in [4.69, 9.17) is 0 Å². The number of nitrogens with one attached hydrogen (secondary N) is 1. The number of nitrogens with zero attached hydrogens (tertiary/aromatic N) is 2. The van der Waals surface area contributed by atoms with Gasteiger partial charge in [-0.15, -0.1) is 0 Å². The van der Waals surface area contributed by atoms with Crippen LogP contribution in [-0.4, -0.2) is 32.7 Å². The lowest BCUT2D eigenvalue weighted by molar-refractivity contribution is 0.0718. The van der Waals surface area contributed by atoms with E-state index in [-0.39, 0.29) is 11.9 Å². The fourth-order valence-corrected chi connectivity index (χ4v) is 3.95. The summed E-state index contributed by atoms with van der Waals surface area (Å²) in [7, 11) is 0. The molecule has 0 unspecified atom stereocenters. The summed E-state index contributed by atoms with van der Waals surface area (Å²) >= 11 is 0. The Kier molecular flexibility index (Phi) is 4.94. The molecule has 2 N–H and O–H groups in total. The number of aryl methyl sites for hydroxylation is 1. The van der Waals surface area contributed by atoms with Gasteiger partial charge in [0.05, 0.1) is 23.2 Å². The Morgan fingerprint density at radius 1 is 1.26 bits per heavy atom. The van der Waals surface area contributed by atoms with Crippen LogP contribution in [0.5, 0.6) is 0 Å². The molecule has 2 aromatic heterocycles. The zero-order valence-electron chi connectivity index (χ0n) is 15.6. The molecular formula is C22H25N3O2. The van der Waals surface area contributed by atoms with E-state index < -0.39 is 6.10 Å². The van der Waals surface area contributed by atoms with Crippen LogP contribution in [0.4, 0.5) is 0 Å². The summed E-state index contributed by atoms with van der Waals surface area (Å²) < 4.78 is 2.07. The van der Waals surface area contributed by atoms with Crippen LogP contribution >= 0.6 is 0 Å². The van der Waals surface area contributed by atoms with Gasteiger partial charge in [-0.05, 0) is 37.5 Å². The molecule has 140 valence electrons. The van der Waals surface area contributed by atoms with E-state index in [0.717, 1.165) is 31.2 Å². The molecule has 2 atom stereocenters. The topological polar surface area (TPSA) is 67.2 Å². The summed E-state index contributed by atoms with van der Waals surface area (Å²) in [6, 6.07) is 12.1. The number of hydrogen-bond donors (Lipinski definition) is 2. The number of aromatic nitrogens is 2. The lowest BCUT2D eigenvalue weighted by Gasteiger charge is -2.28. The summed E-state index contributed by atoms with van der Waals surface area (Å²) in [5, 5.41) is 13.2. The van der Waals surface area contributed by atoms with E-state index in [2.05, 4.69) is 40.0 Å². The third kappa shape index (κ3) is 3.74. The van der Waals surface area contributed by atoms with E-state index >= 15 is 0 Å². The van der Waals surface area contributed by atoms with Crippen molar-refractivity contribution in [1.29, 1.82) is 0 Å². The molecule has 5 nitrogen and oxygen atoms in total. The quantitative estimate of drug-likeness (QED) is 0.746. The van der Waals surface area contributed by atoms with Crippen LogP contribution in [0.3, 0.4) is 0 Å². The normalized spacial score (nSPS) is 19.9. The average Bonchev–Trinajstić information content (AvgIpc) is 3.02. The molecular weight excluding hydrogens is 338 g/mol. The minimum Gasteiger partial charge on any atom is -0.391 e. The summed E-state index contributed by atoms with van der Waals surface area (Å²) in [6.07, 6.45) is 6.76. The summed E-state index contributed by atoms with van der Waals surface area (Å²) in [6.45, 7) is 2.76. The zero-order chi connectivity index (χ0) is 18.8. The molecule has 1 aliphatic rings. The third-order valence-corrected chi connectivity index (χ3v) is 5.36. The molecule has 0 saturated heterocycles. The molecule has 1 fully saturated rings. The summed E-state index contributed by atoms with van der Waals surface area (Å²) in [5.41, 5.74) is 4.61. The van der Waals surface area contributed by atoms with Gasteiger partial charge in [0, 0.05) is 18.9 Å². The standard InChI is InChI=1S/C22H25N3O2/c1-15-6-4-7-16(12-15)13-25-14-17(21-19(25)9-5-11-23-21)22(27)24-18-8-2-3-10-20(18)26/h4-7,9,11-12,14,18,20,26H,2-3,8,10,13H2,1H3,(H,24,27)/t18-,20-/m0/s1. The van der Waals surface area contributed by atoms with Crippen molar-refractivity contribution in [3.63, 3.8) is 0 Å². The van der Waals surface area contributed by atoms with Crippen LogP contribution in [0, 0.1) is 6.92 Å². The number of hydrogen-bond acceptors (Lipinski definition) is 3. The number of aliphatic hydroxyl groups excluding tert-OH is 1. The van der Waals surface area contributed by atoms with Crippen molar-refractivity contribution in [2.75, 3.05) is 0 Å². The number of pyridine rings is 1. The molecule has 27 heavy (non-hydrogen) atoms. The highest BCUT2D eigenvalue weighted by Gasteiger charge is 2.26. The van der Waals surface area contributed by atoms with E-state index in [1.54, 1.807) is 6.20 Å². The Bertz CT molecular complexity index is 963. The zero-order valence-corrected chi connectivity index (χ0v) is 15.6. The lowest BCUT2D eigenvalue weighted by atomic mass is 9.92. The van der Waals surface area contributed by atoms with Crippen molar-refractivity contribution in [2.24, 2.45) is 0 Å². The molecule has 3 aromatic rings. The van der Waals surface area contributed by atoms with Gasteiger partial charge in [0.2, 0.25) is 0 Å². The Labute approximate surface area is 159 Å². The number of carbonyl (C=O) groups excluding carboxylic acids is 1. The molecule has 0 aliphatic heterocycles. The number of fused-ring (bicyclic) bond motifs is 1. The van der Waals surface area contributed by atoms with E-state index in [1.165, 1.54) is 11.1 Å². The van der Waals surface area contributed by atoms with Crippen LogP contribution in [0.15, 0.2) is 48.8 Å². The van der Waals surface area contributed by atoms with Crippen LogP contribution in [0.2, 0.25) is 0 Å². The van der Waals surface area contributed by atoms with E-state index in [0.29, 0.717) is 17.6 Å². The Morgan fingerprint density at radius 3 is 2.93 bits per heavy atom. The highest BCUT2D eigenvalue weighted by atomic mass is 16.3. The van der Waals surface area contributed by atoms with Crippen molar-refractivity contribution >= 4 is 16.9 Å². The Balaban J connectivity index is 1.64. The molecule has 4 rings (SSSR count). The maximum atomic E-state index is 12.9. The van der Waals surface area contributed by atoms with E-state index in [9.17, 15) is 9.90 Å². The first-order valence-corrected chi connectivity index (χ1v) is 9.60. The fourth-order valence-electron chi connectivity index (χ4n) is 3.95. The van der Waals surface area contributed by atoms with Crippen molar-refractivity contribution in [1.82, 2.24) is 14.9 Å². The highest BCUT2D eigenvalue weighted by molar-refractivity contribution is 6.05. The first-order valence-electron chi connectivity index (χ1n) is 9.60. The second kappa shape index (κ2) is 7.53. The van der Waals surface area contributed by atoms with Gasteiger partial charge >= 0.3 is 0 Å². The largest absolute Gasteiger partial charge is 0.391 e. The average molecular weight is 363 g/mol. The number of rotatable bonds is 4. The SMILES string of the molecule is Cc1cccc(Cn2cc(C(=O)N[C@H]3CCCC[C@@H]3O)c3ncccc32)c1. The maximum absolute atomic E-state index is 12.9. The molecule has 0 bridgehead atoms. The van der Waals surface area contributed by atoms with Crippen LogP contribution < -0.4 is 5.32 Å². The number of amides is 1. The molecule has 1 amide bonds. The van der Waals surface area contributed by atoms with Crippen LogP contribution in [0.1, 0.15) is 47.2 Å². The minimum atomic E-state index is -0.462. The molecule has 1 aromatic carbocycles. The van der Waals surface area contributed by atoms with Crippen molar-refractivity contribution in [3.05, 3.63) is 65.5 Å².